The van der Waals surface area contributed by atoms with Gasteiger partial charge in [0.1, 0.15) is 5.82 Å². The molecule has 1 unspecified atom stereocenters. The third kappa shape index (κ3) is 3.66. The Bertz CT molecular complexity index is 640. The Morgan fingerprint density at radius 2 is 2.19 bits per heavy atom. The summed E-state index contributed by atoms with van der Waals surface area (Å²) >= 11 is 0. The molecule has 0 spiro atoms. The Balaban J connectivity index is 2.22. The van der Waals surface area contributed by atoms with E-state index in [2.05, 4.69) is 0 Å². The maximum Gasteiger partial charge on any atom is 0.274 e. The molecule has 1 N–H and O–H groups in total. The molecule has 0 radical (unpaired) electrons. The summed E-state index contributed by atoms with van der Waals surface area (Å²) in [6, 6.07) is 5.18. The highest BCUT2D eigenvalue weighted by Crippen LogP contribution is 2.23. The predicted octanol–water partition coefficient (Wildman–Crippen LogP) is 3.42. The molecule has 0 aliphatic carbocycles. The molecule has 0 saturated heterocycles. The minimum absolute atomic E-state index is 0.110. The summed E-state index contributed by atoms with van der Waals surface area (Å²) in [5.41, 5.74) is 0.948. The number of hydrogen-bond donors (Lipinski definition) is 1. The molecule has 1 atom stereocenters. The molecule has 1 heterocycles. The van der Waals surface area contributed by atoms with E-state index in [0.717, 1.165) is 18.1 Å². The van der Waals surface area contributed by atoms with Crippen LogP contribution in [0.3, 0.4) is 0 Å². The van der Waals surface area contributed by atoms with Gasteiger partial charge < -0.3 is 9.67 Å². The van der Waals surface area contributed by atoms with Crippen molar-refractivity contribution in [1.82, 2.24) is 4.57 Å². The lowest BCUT2D eigenvalue weighted by atomic mass is 10.1. The van der Waals surface area contributed by atoms with Crippen LogP contribution in [-0.2, 0) is 6.54 Å². The number of rotatable bonds is 6. The van der Waals surface area contributed by atoms with Crippen molar-refractivity contribution in [3.05, 3.63) is 63.7 Å². The van der Waals surface area contributed by atoms with Crippen LogP contribution < -0.4 is 0 Å². The molecule has 112 valence electrons. The Morgan fingerprint density at radius 1 is 1.43 bits per heavy atom. The lowest BCUT2D eigenvalue weighted by Crippen LogP contribution is -2.02. The predicted molar refractivity (Wildman–Crippen MR) is 76.5 cm³/mol. The van der Waals surface area contributed by atoms with E-state index in [1.54, 1.807) is 23.0 Å². The van der Waals surface area contributed by atoms with Crippen molar-refractivity contribution in [2.75, 3.05) is 0 Å². The van der Waals surface area contributed by atoms with E-state index in [1.165, 1.54) is 12.1 Å². The van der Waals surface area contributed by atoms with E-state index in [4.69, 9.17) is 0 Å². The van der Waals surface area contributed by atoms with E-state index in [1.807, 2.05) is 6.92 Å². The maximum atomic E-state index is 13.3. The first kappa shape index (κ1) is 15.2. The Hall–Kier alpha value is -2.21. The second kappa shape index (κ2) is 6.49. The standard InChI is InChI=1S/C15H17FN2O3/c1-2-3-15(19)11-6-7-17(9-11)10-12-8-13(16)4-5-14(12)18(20)21/h4-9,15,19H,2-3,10H2,1H3. The number of nitro benzene ring substituents is 1. The quantitative estimate of drug-likeness (QED) is 0.655. The number of aliphatic hydroxyl groups excluding tert-OH is 1. The van der Waals surface area contributed by atoms with E-state index < -0.39 is 16.8 Å². The molecule has 1 aromatic heterocycles. The van der Waals surface area contributed by atoms with Gasteiger partial charge in [-0.2, -0.15) is 0 Å². The zero-order valence-electron chi connectivity index (χ0n) is 11.7. The second-order valence-corrected chi connectivity index (χ2v) is 4.95. The second-order valence-electron chi connectivity index (χ2n) is 4.95. The van der Waals surface area contributed by atoms with Crippen LogP contribution >= 0.6 is 0 Å². The molecular formula is C15H17FN2O3. The molecule has 5 nitrogen and oxygen atoms in total. The van der Waals surface area contributed by atoms with Crippen LogP contribution in [0.5, 0.6) is 0 Å². The van der Waals surface area contributed by atoms with Gasteiger partial charge in [-0.05, 0) is 30.2 Å². The topological polar surface area (TPSA) is 68.3 Å². The Morgan fingerprint density at radius 3 is 2.86 bits per heavy atom. The molecule has 0 aliphatic rings. The Labute approximate surface area is 121 Å². The van der Waals surface area contributed by atoms with Gasteiger partial charge in [0.05, 0.1) is 23.1 Å². The molecule has 1 aromatic carbocycles. The number of aliphatic hydroxyl groups is 1. The van der Waals surface area contributed by atoms with Crippen molar-refractivity contribution in [1.29, 1.82) is 0 Å². The fourth-order valence-electron chi connectivity index (χ4n) is 2.25. The van der Waals surface area contributed by atoms with E-state index in [-0.39, 0.29) is 12.2 Å². The van der Waals surface area contributed by atoms with Crippen molar-refractivity contribution < 1.29 is 14.4 Å². The summed E-state index contributed by atoms with van der Waals surface area (Å²) in [6.07, 6.45) is 4.43. The van der Waals surface area contributed by atoms with Crippen LogP contribution in [0.4, 0.5) is 10.1 Å². The van der Waals surface area contributed by atoms with Gasteiger partial charge in [0.2, 0.25) is 0 Å². The van der Waals surface area contributed by atoms with Crippen molar-refractivity contribution in [2.24, 2.45) is 0 Å². The molecule has 0 fully saturated rings. The van der Waals surface area contributed by atoms with Gasteiger partial charge in [-0.15, -0.1) is 0 Å². The molecule has 2 aromatic rings. The summed E-state index contributed by atoms with van der Waals surface area (Å²) in [6.45, 7) is 2.17. The Kier molecular flexibility index (Phi) is 4.70. The molecule has 6 heteroatoms. The van der Waals surface area contributed by atoms with Crippen molar-refractivity contribution >= 4 is 5.69 Å². The third-order valence-electron chi connectivity index (χ3n) is 3.31. The lowest BCUT2D eigenvalue weighted by Gasteiger charge is -2.07. The lowest BCUT2D eigenvalue weighted by molar-refractivity contribution is -0.385. The van der Waals surface area contributed by atoms with Gasteiger partial charge in [-0.3, -0.25) is 10.1 Å². The highest BCUT2D eigenvalue weighted by molar-refractivity contribution is 5.40. The average Bonchev–Trinajstić information content (AvgIpc) is 2.87. The number of nitro groups is 1. The first-order chi connectivity index (χ1) is 10.0. The summed E-state index contributed by atoms with van der Waals surface area (Å²) in [4.78, 5) is 10.4. The van der Waals surface area contributed by atoms with Crippen LogP contribution in [0.2, 0.25) is 0 Å². The maximum absolute atomic E-state index is 13.3. The smallest absolute Gasteiger partial charge is 0.274 e. The molecular weight excluding hydrogens is 275 g/mol. The SMILES string of the molecule is CCCC(O)c1ccn(Cc2cc(F)ccc2[N+](=O)[O-])c1. The molecule has 0 aliphatic heterocycles. The fraction of sp³-hybridized carbons (Fsp3) is 0.333. The van der Waals surface area contributed by atoms with Gasteiger partial charge in [0.25, 0.3) is 5.69 Å². The highest BCUT2D eigenvalue weighted by atomic mass is 19.1. The van der Waals surface area contributed by atoms with Crippen LogP contribution in [-0.4, -0.2) is 14.6 Å². The van der Waals surface area contributed by atoms with Crippen LogP contribution in [0.25, 0.3) is 0 Å². The minimum Gasteiger partial charge on any atom is -0.388 e. The zero-order chi connectivity index (χ0) is 15.4. The average molecular weight is 292 g/mol. The first-order valence-corrected chi connectivity index (χ1v) is 6.77. The number of nitrogens with zero attached hydrogens (tertiary/aromatic N) is 2. The largest absolute Gasteiger partial charge is 0.388 e. The van der Waals surface area contributed by atoms with E-state index in [9.17, 15) is 19.6 Å². The van der Waals surface area contributed by atoms with Crippen LogP contribution in [0.15, 0.2) is 36.7 Å². The molecule has 2 rings (SSSR count). The van der Waals surface area contributed by atoms with E-state index in [0.29, 0.717) is 12.0 Å². The van der Waals surface area contributed by atoms with Gasteiger partial charge >= 0.3 is 0 Å². The molecule has 0 bridgehead atoms. The number of halogens is 1. The molecule has 21 heavy (non-hydrogen) atoms. The summed E-state index contributed by atoms with van der Waals surface area (Å²) in [5.74, 6) is -0.506. The minimum atomic E-state index is -0.543. The highest BCUT2D eigenvalue weighted by Gasteiger charge is 2.15. The normalized spacial score (nSPS) is 12.3. The van der Waals surface area contributed by atoms with Crippen LogP contribution in [0.1, 0.15) is 37.0 Å². The first-order valence-electron chi connectivity index (χ1n) is 6.77. The van der Waals surface area contributed by atoms with Gasteiger partial charge in [-0.1, -0.05) is 13.3 Å². The van der Waals surface area contributed by atoms with E-state index >= 15 is 0 Å². The van der Waals surface area contributed by atoms with Gasteiger partial charge in [0.15, 0.2) is 0 Å². The molecule has 0 amide bonds. The monoisotopic (exact) mass is 292 g/mol. The summed E-state index contributed by atoms with van der Waals surface area (Å²) in [5, 5.41) is 20.9. The number of benzene rings is 1. The number of aromatic nitrogens is 1. The number of hydrogen-bond acceptors (Lipinski definition) is 3. The van der Waals surface area contributed by atoms with Gasteiger partial charge in [0, 0.05) is 18.5 Å². The third-order valence-corrected chi connectivity index (χ3v) is 3.31. The molecule has 0 saturated carbocycles. The van der Waals surface area contributed by atoms with Gasteiger partial charge in [-0.25, -0.2) is 4.39 Å². The van der Waals surface area contributed by atoms with Crippen LogP contribution in [0, 0.1) is 15.9 Å². The zero-order valence-corrected chi connectivity index (χ0v) is 11.7. The fourth-order valence-corrected chi connectivity index (χ4v) is 2.25. The van der Waals surface area contributed by atoms with Crippen molar-refractivity contribution in [3.8, 4) is 0 Å². The summed E-state index contributed by atoms with van der Waals surface area (Å²) < 4.78 is 15.0. The van der Waals surface area contributed by atoms with Crippen molar-refractivity contribution in [2.45, 2.75) is 32.4 Å². The summed E-state index contributed by atoms with van der Waals surface area (Å²) in [7, 11) is 0. The van der Waals surface area contributed by atoms with Crippen molar-refractivity contribution in [3.63, 3.8) is 0 Å².